The van der Waals surface area contributed by atoms with E-state index >= 15 is 0 Å². The Morgan fingerprint density at radius 3 is 2.90 bits per heavy atom. The molecule has 1 saturated carbocycles. The smallest absolute Gasteiger partial charge is 0.0721 e. The molecular formula is C24H42N2O3. The number of unbranched alkanes of at least 4 members (excludes halogenated alkanes) is 2. The Hall–Kier alpha value is -0.720. The van der Waals surface area contributed by atoms with Crippen LogP contribution in [0.1, 0.15) is 51.9 Å². The topological polar surface area (TPSA) is 65.0 Å². The molecule has 1 aliphatic heterocycles. The normalized spacial score (nSPS) is 31.3. The summed E-state index contributed by atoms with van der Waals surface area (Å²) in [6.07, 6.45) is 13.2. The van der Waals surface area contributed by atoms with E-state index in [9.17, 15) is 10.2 Å². The molecule has 166 valence electrons. The zero-order chi connectivity index (χ0) is 20.5. The van der Waals surface area contributed by atoms with Crippen LogP contribution in [0.3, 0.4) is 0 Å². The van der Waals surface area contributed by atoms with Crippen LogP contribution in [0.4, 0.5) is 0 Å². The molecule has 0 aromatic carbocycles. The first-order chi connectivity index (χ1) is 14.2. The number of morpholine rings is 1. The van der Waals surface area contributed by atoms with Crippen LogP contribution in [0.25, 0.3) is 0 Å². The second kappa shape index (κ2) is 12.2. The standard InChI is InChI=1S/C24H42N2O3/c1-2-3-4-5-21(27)6-7-22-23-17-19(16-20(23)18-24(22)28)8-9-25-10-11-26-12-14-29-15-13-26/h6-7,16,20-25,27-28H,2-5,8-15,17-18H2,1H3/b7-6+/t20-,21-,22+,23-,24+/m0/s1. The van der Waals surface area contributed by atoms with Gasteiger partial charge in [-0.1, -0.05) is 50.0 Å². The minimum atomic E-state index is -0.364. The van der Waals surface area contributed by atoms with Crippen molar-refractivity contribution in [1.82, 2.24) is 10.2 Å². The van der Waals surface area contributed by atoms with E-state index in [0.717, 1.165) is 78.0 Å². The monoisotopic (exact) mass is 406 g/mol. The average Bonchev–Trinajstić information content (AvgIpc) is 3.23. The Kier molecular flexibility index (Phi) is 9.67. The molecule has 29 heavy (non-hydrogen) atoms. The Balaban J connectivity index is 1.34. The van der Waals surface area contributed by atoms with Crippen LogP contribution < -0.4 is 5.32 Å². The summed E-state index contributed by atoms with van der Waals surface area (Å²) in [7, 11) is 0. The molecule has 2 fully saturated rings. The second-order valence-corrected chi connectivity index (χ2v) is 9.14. The van der Waals surface area contributed by atoms with Gasteiger partial charge in [0.1, 0.15) is 0 Å². The van der Waals surface area contributed by atoms with E-state index in [4.69, 9.17) is 4.74 Å². The van der Waals surface area contributed by atoms with E-state index in [-0.39, 0.29) is 18.1 Å². The number of rotatable bonds is 12. The van der Waals surface area contributed by atoms with Crippen LogP contribution in [0.2, 0.25) is 0 Å². The molecule has 0 aromatic heterocycles. The van der Waals surface area contributed by atoms with Crippen molar-refractivity contribution in [2.24, 2.45) is 17.8 Å². The predicted molar refractivity (Wildman–Crippen MR) is 118 cm³/mol. The lowest BCUT2D eigenvalue weighted by Gasteiger charge is -2.26. The minimum Gasteiger partial charge on any atom is -0.392 e. The summed E-state index contributed by atoms with van der Waals surface area (Å²) < 4.78 is 5.39. The maximum atomic E-state index is 10.5. The van der Waals surface area contributed by atoms with Crippen molar-refractivity contribution in [3.8, 4) is 0 Å². The van der Waals surface area contributed by atoms with Crippen molar-refractivity contribution in [3.05, 3.63) is 23.8 Å². The van der Waals surface area contributed by atoms with Gasteiger partial charge in [0.05, 0.1) is 25.4 Å². The van der Waals surface area contributed by atoms with Crippen molar-refractivity contribution in [1.29, 1.82) is 0 Å². The first kappa shape index (κ1) is 23.0. The highest BCUT2D eigenvalue weighted by Gasteiger charge is 2.43. The molecule has 0 radical (unpaired) electrons. The summed E-state index contributed by atoms with van der Waals surface area (Å²) in [5.74, 6) is 1.23. The van der Waals surface area contributed by atoms with Gasteiger partial charge in [0.25, 0.3) is 0 Å². The SMILES string of the molecule is CCCCC[C@H](O)/C=C/[C@@H]1[C@H]2CC(CCNCCN3CCOCC3)=C[C@H]2C[C@H]1O. The molecule has 0 amide bonds. The van der Waals surface area contributed by atoms with Crippen LogP contribution >= 0.6 is 0 Å². The van der Waals surface area contributed by atoms with E-state index < -0.39 is 0 Å². The molecule has 3 N–H and O–H groups in total. The third-order valence-corrected chi connectivity index (χ3v) is 6.94. The van der Waals surface area contributed by atoms with Gasteiger partial charge in [0.15, 0.2) is 0 Å². The zero-order valence-electron chi connectivity index (χ0n) is 18.3. The third kappa shape index (κ3) is 7.18. The van der Waals surface area contributed by atoms with E-state index in [1.165, 1.54) is 12.8 Å². The Labute approximate surface area is 177 Å². The van der Waals surface area contributed by atoms with Crippen molar-refractivity contribution >= 4 is 0 Å². The molecule has 5 heteroatoms. The fourth-order valence-corrected chi connectivity index (χ4v) is 5.18. The maximum absolute atomic E-state index is 10.5. The average molecular weight is 407 g/mol. The molecule has 1 heterocycles. The lowest BCUT2D eigenvalue weighted by molar-refractivity contribution is 0.0385. The van der Waals surface area contributed by atoms with Crippen molar-refractivity contribution < 1.29 is 14.9 Å². The number of hydrogen-bond acceptors (Lipinski definition) is 5. The number of ether oxygens (including phenoxy) is 1. The van der Waals surface area contributed by atoms with Crippen molar-refractivity contribution in [3.63, 3.8) is 0 Å². The largest absolute Gasteiger partial charge is 0.392 e. The Morgan fingerprint density at radius 1 is 1.28 bits per heavy atom. The first-order valence-electron chi connectivity index (χ1n) is 11.9. The molecule has 1 saturated heterocycles. The van der Waals surface area contributed by atoms with Crippen molar-refractivity contribution in [2.75, 3.05) is 45.9 Å². The summed E-state index contributed by atoms with van der Waals surface area (Å²) in [6, 6.07) is 0. The molecule has 5 atom stereocenters. The summed E-state index contributed by atoms with van der Waals surface area (Å²) in [5.41, 5.74) is 1.55. The lowest BCUT2D eigenvalue weighted by atomic mass is 9.88. The molecule has 3 rings (SSSR count). The van der Waals surface area contributed by atoms with E-state index in [1.807, 2.05) is 6.08 Å². The fraction of sp³-hybridized carbons (Fsp3) is 0.833. The van der Waals surface area contributed by atoms with Crippen LogP contribution in [0.5, 0.6) is 0 Å². The summed E-state index contributed by atoms with van der Waals surface area (Å²) in [6.45, 7) is 9.21. The maximum Gasteiger partial charge on any atom is 0.0721 e. The van der Waals surface area contributed by atoms with Gasteiger partial charge < -0.3 is 20.3 Å². The molecule has 0 aromatic rings. The van der Waals surface area contributed by atoms with Gasteiger partial charge in [0, 0.05) is 32.1 Å². The predicted octanol–water partition coefficient (Wildman–Crippen LogP) is 2.74. The highest BCUT2D eigenvalue weighted by Crippen LogP contribution is 2.47. The summed E-state index contributed by atoms with van der Waals surface area (Å²) in [5, 5.41) is 24.3. The number of allylic oxidation sites excluding steroid dienone is 1. The highest BCUT2D eigenvalue weighted by molar-refractivity contribution is 5.21. The van der Waals surface area contributed by atoms with Crippen LogP contribution in [-0.2, 0) is 4.74 Å². The van der Waals surface area contributed by atoms with Gasteiger partial charge in [-0.3, -0.25) is 4.90 Å². The summed E-state index contributed by atoms with van der Waals surface area (Å²) >= 11 is 0. The Bertz CT molecular complexity index is 530. The van der Waals surface area contributed by atoms with Gasteiger partial charge in [-0.25, -0.2) is 0 Å². The van der Waals surface area contributed by atoms with Gasteiger partial charge in [-0.15, -0.1) is 0 Å². The molecule has 0 spiro atoms. The molecular weight excluding hydrogens is 364 g/mol. The third-order valence-electron chi connectivity index (χ3n) is 6.94. The highest BCUT2D eigenvalue weighted by atomic mass is 16.5. The first-order valence-corrected chi connectivity index (χ1v) is 11.9. The number of aliphatic hydroxyl groups is 2. The van der Waals surface area contributed by atoms with Crippen LogP contribution in [-0.4, -0.2) is 73.3 Å². The summed E-state index contributed by atoms with van der Waals surface area (Å²) in [4.78, 5) is 2.46. The van der Waals surface area contributed by atoms with Crippen LogP contribution in [0.15, 0.2) is 23.8 Å². The van der Waals surface area contributed by atoms with E-state index in [0.29, 0.717) is 11.8 Å². The van der Waals surface area contributed by atoms with Crippen LogP contribution in [0, 0.1) is 17.8 Å². The molecule has 5 nitrogen and oxygen atoms in total. The van der Waals surface area contributed by atoms with E-state index in [2.05, 4.69) is 29.3 Å². The number of aliphatic hydroxyl groups excluding tert-OH is 2. The van der Waals surface area contributed by atoms with E-state index in [1.54, 1.807) is 5.57 Å². The zero-order valence-corrected chi connectivity index (χ0v) is 18.3. The number of nitrogens with one attached hydrogen (secondary N) is 1. The number of nitrogens with zero attached hydrogens (tertiary/aromatic N) is 1. The van der Waals surface area contributed by atoms with Gasteiger partial charge in [-0.05, 0) is 44.1 Å². The number of hydrogen-bond donors (Lipinski definition) is 3. The second-order valence-electron chi connectivity index (χ2n) is 9.14. The quantitative estimate of drug-likeness (QED) is 0.344. The molecule has 0 unspecified atom stereocenters. The minimum absolute atomic E-state index is 0.198. The number of fused-ring (bicyclic) bond motifs is 1. The van der Waals surface area contributed by atoms with Crippen molar-refractivity contribution in [2.45, 2.75) is 64.1 Å². The molecule has 0 bridgehead atoms. The molecule has 2 aliphatic carbocycles. The molecule has 3 aliphatic rings. The lowest BCUT2D eigenvalue weighted by Crippen LogP contribution is -2.40. The Morgan fingerprint density at radius 2 is 2.10 bits per heavy atom. The fourth-order valence-electron chi connectivity index (χ4n) is 5.18. The van der Waals surface area contributed by atoms with Gasteiger partial charge in [-0.2, -0.15) is 0 Å². The van der Waals surface area contributed by atoms with Gasteiger partial charge in [0.2, 0.25) is 0 Å². The van der Waals surface area contributed by atoms with Gasteiger partial charge >= 0.3 is 0 Å².